The summed E-state index contributed by atoms with van der Waals surface area (Å²) in [6.45, 7) is 5.98. The first kappa shape index (κ1) is 14.7. The van der Waals surface area contributed by atoms with Crippen molar-refractivity contribution >= 4 is 0 Å². The van der Waals surface area contributed by atoms with E-state index in [-0.39, 0.29) is 0 Å². The third-order valence-electron chi connectivity index (χ3n) is 3.18. The molecule has 0 fully saturated rings. The second kappa shape index (κ2) is 6.63. The van der Waals surface area contributed by atoms with E-state index in [9.17, 15) is 5.11 Å². The molecule has 0 radical (unpaired) electrons. The van der Waals surface area contributed by atoms with Gasteiger partial charge >= 0.3 is 0 Å². The van der Waals surface area contributed by atoms with Crippen LogP contribution < -0.4 is 5.32 Å². The molecule has 1 heterocycles. The molecule has 1 unspecified atom stereocenters. The number of hydrogen-bond donors (Lipinski definition) is 2. The highest BCUT2D eigenvalue weighted by Crippen LogP contribution is 2.21. The molecule has 5 nitrogen and oxygen atoms in total. The first-order valence-electron chi connectivity index (χ1n) is 6.99. The Kier molecular flexibility index (Phi) is 4.87. The van der Waals surface area contributed by atoms with Gasteiger partial charge in [0.25, 0.3) is 0 Å². The van der Waals surface area contributed by atoms with Crippen LogP contribution in [0.4, 0.5) is 0 Å². The second-order valence-electron chi connectivity index (χ2n) is 5.22. The third-order valence-corrected chi connectivity index (χ3v) is 3.18. The summed E-state index contributed by atoms with van der Waals surface area (Å²) in [5.74, 6) is 0. The minimum atomic E-state index is -0.955. The lowest BCUT2D eigenvalue weighted by Gasteiger charge is -2.23. The predicted octanol–water partition coefficient (Wildman–Crippen LogP) is 1.69. The first-order valence-corrected chi connectivity index (χ1v) is 6.99. The molecular formula is C15H22N4O. The van der Waals surface area contributed by atoms with Crippen molar-refractivity contribution in [2.24, 2.45) is 0 Å². The van der Waals surface area contributed by atoms with Crippen LogP contribution in [0.25, 0.3) is 0 Å². The van der Waals surface area contributed by atoms with Crippen molar-refractivity contribution < 1.29 is 5.11 Å². The minimum absolute atomic E-state index is 0.387. The number of nitrogens with one attached hydrogen (secondary N) is 1. The van der Waals surface area contributed by atoms with E-state index in [4.69, 9.17) is 0 Å². The average Bonchev–Trinajstić information content (AvgIpc) is 2.87. The van der Waals surface area contributed by atoms with Gasteiger partial charge in [0.2, 0.25) is 0 Å². The molecule has 2 N–H and O–H groups in total. The Morgan fingerprint density at radius 1 is 1.30 bits per heavy atom. The maximum atomic E-state index is 10.6. The van der Waals surface area contributed by atoms with Gasteiger partial charge < -0.3 is 10.4 Å². The van der Waals surface area contributed by atoms with Crippen LogP contribution in [0.1, 0.15) is 31.5 Å². The lowest BCUT2D eigenvalue weighted by atomic mass is 9.96. The molecular weight excluding hydrogens is 252 g/mol. The lowest BCUT2D eigenvalue weighted by molar-refractivity contribution is 0.0341. The van der Waals surface area contributed by atoms with Crippen molar-refractivity contribution in [3.8, 4) is 0 Å². The van der Waals surface area contributed by atoms with Gasteiger partial charge in [-0.1, -0.05) is 42.5 Å². The standard InChI is InChI=1S/C15H22N4O/c1-3-9-16-10-14-11-19(18-17-14)12-15(2,20)13-7-5-4-6-8-13/h4-8,11,16,20H,3,9-10,12H2,1-2H3. The van der Waals surface area contributed by atoms with Crippen molar-refractivity contribution in [1.82, 2.24) is 20.3 Å². The van der Waals surface area contributed by atoms with Gasteiger partial charge in [0.05, 0.1) is 12.2 Å². The van der Waals surface area contributed by atoms with Crippen LogP contribution >= 0.6 is 0 Å². The molecule has 5 heteroatoms. The van der Waals surface area contributed by atoms with Crippen LogP contribution in [-0.4, -0.2) is 26.6 Å². The molecule has 20 heavy (non-hydrogen) atoms. The van der Waals surface area contributed by atoms with E-state index in [1.165, 1.54) is 0 Å². The van der Waals surface area contributed by atoms with E-state index >= 15 is 0 Å². The second-order valence-corrected chi connectivity index (χ2v) is 5.22. The van der Waals surface area contributed by atoms with Crippen LogP contribution in [0.15, 0.2) is 36.5 Å². The van der Waals surface area contributed by atoms with Crippen LogP contribution in [0, 0.1) is 0 Å². The van der Waals surface area contributed by atoms with Gasteiger partial charge in [-0.3, -0.25) is 0 Å². The summed E-state index contributed by atoms with van der Waals surface area (Å²) in [7, 11) is 0. The van der Waals surface area contributed by atoms with Gasteiger partial charge in [-0.2, -0.15) is 0 Å². The van der Waals surface area contributed by atoms with Crippen molar-refractivity contribution in [2.75, 3.05) is 6.54 Å². The van der Waals surface area contributed by atoms with Crippen LogP contribution in [0.5, 0.6) is 0 Å². The largest absolute Gasteiger partial charge is 0.384 e. The molecule has 1 aromatic heterocycles. The van der Waals surface area contributed by atoms with Crippen molar-refractivity contribution in [2.45, 2.75) is 39.0 Å². The molecule has 0 saturated heterocycles. The van der Waals surface area contributed by atoms with E-state index in [0.717, 1.165) is 24.2 Å². The number of nitrogens with zero attached hydrogens (tertiary/aromatic N) is 3. The normalized spacial score (nSPS) is 14.2. The summed E-state index contributed by atoms with van der Waals surface area (Å²) < 4.78 is 1.69. The first-order chi connectivity index (χ1) is 9.62. The number of rotatable bonds is 7. The van der Waals surface area contributed by atoms with E-state index < -0.39 is 5.60 Å². The number of aliphatic hydroxyl groups is 1. The Labute approximate surface area is 119 Å². The highest BCUT2D eigenvalue weighted by atomic mass is 16.3. The molecule has 1 aromatic carbocycles. The number of hydrogen-bond acceptors (Lipinski definition) is 4. The van der Waals surface area contributed by atoms with Crippen LogP contribution in [0.2, 0.25) is 0 Å². The summed E-state index contributed by atoms with van der Waals surface area (Å²) in [5.41, 5.74) is 0.812. The van der Waals surface area contributed by atoms with Gasteiger partial charge in [-0.05, 0) is 25.5 Å². The van der Waals surface area contributed by atoms with Crippen molar-refractivity contribution in [3.63, 3.8) is 0 Å². The molecule has 0 aliphatic carbocycles. The Morgan fingerprint density at radius 3 is 2.75 bits per heavy atom. The summed E-state index contributed by atoms with van der Waals surface area (Å²) in [4.78, 5) is 0. The van der Waals surface area contributed by atoms with Crippen molar-refractivity contribution in [3.05, 3.63) is 47.8 Å². The molecule has 2 rings (SSSR count). The molecule has 0 aliphatic rings. The van der Waals surface area contributed by atoms with Crippen LogP contribution in [-0.2, 0) is 18.7 Å². The summed E-state index contributed by atoms with van der Waals surface area (Å²) >= 11 is 0. The summed E-state index contributed by atoms with van der Waals surface area (Å²) in [6, 6.07) is 9.62. The molecule has 0 saturated carbocycles. The maximum absolute atomic E-state index is 10.6. The minimum Gasteiger partial charge on any atom is -0.384 e. The van der Waals surface area contributed by atoms with Gasteiger partial charge in [-0.25, -0.2) is 4.68 Å². The lowest BCUT2D eigenvalue weighted by Crippen LogP contribution is -2.28. The fourth-order valence-electron chi connectivity index (χ4n) is 2.09. The topological polar surface area (TPSA) is 63.0 Å². The van der Waals surface area contributed by atoms with Gasteiger partial charge in [0.1, 0.15) is 5.60 Å². The average molecular weight is 274 g/mol. The Bertz CT molecular complexity index is 522. The van der Waals surface area contributed by atoms with E-state index in [2.05, 4.69) is 22.6 Å². The monoisotopic (exact) mass is 274 g/mol. The maximum Gasteiger partial charge on any atom is 0.106 e. The van der Waals surface area contributed by atoms with Gasteiger partial charge in [-0.15, -0.1) is 5.10 Å². The SMILES string of the molecule is CCCNCc1cn(CC(C)(O)c2ccccc2)nn1. The molecule has 0 bridgehead atoms. The summed E-state index contributed by atoms with van der Waals surface area (Å²) in [5, 5.41) is 22.0. The zero-order valence-electron chi connectivity index (χ0n) is 12.1. The molecule has 1 atom stereocenters. The zero-order chi connectivity index (χ0) is 14.4. The van der Waals surface area contributed by atoms with Gasteiger partial charge in [0, 0.05) is 12.7 Å². The van der Waals surface area contributed by atoms with Crippen LogP contribution in [0.3, 0.4) is 0 Å². The predicted molar refractivity (Wildman–Crippen MR) is 78.0 cm³/mol. The van der Waals surface area contributed by atoms with E-state index in [1.807, 2.05) is 36.5 Å². The molecule has 0 amide bonds. The fourth-order valence-corrected chi connectivity index (χ4v) is 2.09. The van der Waals surface area contributed by atoms with E-state index in [0.29, 0.717) is 13.1 Å². The number of aromatic nitrogens is 3. The highest BCUT2D eigenvalue weighted by Gasteiger charge is 2.24. The molecule has 108 valence electrons. The Balaban J connectivity index is 1.99. The third kappa shape index (κ3) is 3.88. The molecule has 0 aliphatic heterocycles. The Morgan fingerprint density at radius 2 is 2.05 bits per heavy atom. The summed E-state index contributed by atoms with van der Waals surface area (Å²) in [6.07, 6.45) is 2.97. The molecule has 2 aromatic rings. The highest BCUT2D eigenvalue weighted by molar-refractivity contribution is 5.21. The van der Waals surface area contributed by atoms with E-state index in [1.54, 1.807) is 11.6 Å². The quantitative estimate of drug-likeness (QED) is 0.754. The zero-order valence-corrected chi connectivity index (χ0v) is 12.1. The number of benzene rings is 1. The Hall–Kier alpha value is -1.72. The smallest absolute Gasteiger partial charge is 0.106 e. The van der Waals surface area contributed by atoms with Crippen molar-refractivity contribution in [1.29, 1.82) is 0 Å². The fraction of sp³-hybridized carbons (Fsp3) is 0.467. The molecule has 0 spiro atoms. The van der Waals surface area contributed by atoms with Gasteiger partial charge in [0.15, 0.2) is 0 Å².